The SMILES string of the molecule is CCCCCCCC/C=C/CCCCCCCC(=O)N[C@H]1[C@H](OC[C@H]2O[C@H](OCCOP(=O)(O)O)[C@H](OCCS(=O)(=O)CCCCCCCCC)[C@@H](OCCS(=O)(=O)CCCCCCCCC)[C@@H]2O)O[C@H](COC)[C@@H](OP(=O)(O)O)[C@@H]1OCC[C@@H](CCCCCCC)OC. The average Bonchev–Trinajstić information content (AvgIpc) is 0.793. The van der Waals surface area contributed by atoms with Crippen LogP contribution < -0.4 is 5.32 Å². The zero-order valence-electron chi connectivity index (χ0n) is 58.3. The first-order valence-electron chi connectivity index (χ1n) is 35.9. The van der Waals surface area contributed by atoms with Crippen LogP contribution in [0.15, 0.2) is 12.2 Å². The van der Waals surface area contributed by atoms with E-state index in [9.17, 15) is 55.4 Å². The van der Waals surface area contributed by atoms with Gasteiger partial charge >= 0.3 is 15.6 Å². The number of hydrogen-bond donors (Lipinski definition) is 6. The molecule has 2 aliphatic rings. The Morgan fingerprint density at radius 2 is 0.947 bits per heavy atom. The molecule has 2 aliphatic heterocycles. The zero-order chi connectivity index (χ0) is 69.4. The van der Waals surface area contributed by atoms with E-state index in [2.05, 4.69) is 49.7 Å². The number of phosphoric ester groups is 2. The number of aliphatic hydroxyl groups is 1. The summed E-state index contributed by atoms with van der Waals surface area (Å²) >= 11 is 0. The highest BCUT2D eigenvalue weighted by Gasteiger charge is 2.53. The summed E-state index contributed by atoms with van der Waals surface area (Å²) < 4.78 is 144. The number of carbonyl (C=O) groups is 1. The van der Waals surface area contributed by atoms with Crippen LogP contribution in [-0.2, 0) is 85.3 Å². The number of sulfone groups is 2. The molecule has 0 unspecified atom stereocenters. The molecule has 0 aromatic carbocycles. The minimum Gasteiger partial charge on any atom is -0.387 e. The summed E-state index contributed by atoms with van der Waals surface area (Å²) in [6, 6.07) is -1.35. The molecule has 24 nitrogen and oxygen atoms in total. The molecule has 0 radical (unpaired) electrons. The number of nitrogens with one attached hydrogen (secondary N) is 1. The van der Waals surface area contributed by atoms with Crippen molar-refractivity contribution in [1.82, 2.24) is 5.32 Å². The van der Waals surface area contributed by atoms with Crippen molar-refractivity contribution in [3.8, 4) is 0 Å². The number of methoxy groups -OCH3 is 2. The van der Waals surface area contributed by atoms with Gasteiger partial charge in [0.2, 0.25) is 5.91 Å². The van der Waals surface area contributed by atoms with Crippen LogP contribution in [0.4, 0.5) is 0 Å². The third-order valence-electron chi connectivity index (χ3n) is 17.1. The number of rotatable bonds is 63. The summed E-state index contributed by atoms with van der Waals surface area (Å²) in [6.07, 6.45) is 23.5. The first kappa shape index (κ1) is 89.0. The summed E-state index contributed by atoms with van der Waals surface area (Å²) in [6.45, 7) is 5.59. The van der Waals surface area contributed by atoms with Crippen molar-refractivity contribution in [2.75, 3.05) is 83.5 Å². The van der Waals surface area contributed by atoms with E-state index in [1.54, 1.807) is 7.11 Å². The van der Waals surface area contributed by atoms with Crippen LogP contribution in [0.25, 0.3) is 0 Å². The molecule has 1 amide bonds. The highest BCUT2D eigenvalue weighted by Crippen LogP contribution is 2.43. The van der Waals surface area contributed by atoms with E-state index < -0.39 is 147 Å². The topological polar surface area (TPSA) is 334 Å². The Morgan fingerprint density at radius 1 is 0.479 bits per heavy atom. The number of ether oxygens (including phenoxy) is 9. The van der Waals surface area contributed by atoms with Crippen molar-refractivity contribution in [2.24, 2.45) is 0 Å². The van der Waals surface area contributed by atoms with E-state index in [-0.39, 0.29) is 37.2 Å². The first-order valence-corrected chi connectivity index (χ1v) is 42.6. The molecule has 0 spiro atoms. The van der Waals surface area contributed by atoms with Gasteiger partial charge in [-0.1, -0.05) is 200 Å². The molecule has 0 aromatic heterocycles. The van der Waals surface area contributed by atoms with E-state index in [1.807, 2.05) is 0 Å². The largest absolute Gasteiger partial charge is 0.470 e. The molecule has 0 bridgehead atoms. The quantitative estimate of drug-likeness (QED) is 0.0187. The molecule has 2 rings (SSSR count). The first-order chi connectivity index (χ1) is 45.0. The van der Waals surface area contributed by atoms with E-state index in [0.29, 0.717) is 25.7 Å². The Kier molecular flexibility index (Phi) is 50.9. The maximum absolute atomic E-state index is 14.2. The van der Waals surface area contributed by atoms with Gasteiger partial charge in [-0.2, -0.15) is 0 Å². The van der Waals surface area contributed by atoms with Gasteiger partial charge in [-0.05, 0) is 57.8 Å². The molecular weight excluding hydrogens is 1300 g/mol. The molecule has 2 heterocycles. The fourth-order valence-electron chi connectivity index (χ4n) is 11.7. The van der Waals surface area contributed by atoms with Gasteiger partial charge in [0.1, 0.15) is 48.8 Å². The van der Waals surface area contributed by atoms with Crippen LogP contribution in [0.3, 0.4) is 0 Å². The molecule has 2 saturated heterocycles. The Hall–Kier alpha value is -1.07. The van der Waals surface area contributed by atoms with Gasteiger partial charge in [0.25, 0.3) is 0 Å². The highest BCUT2D eigenvalue weighted by atomic mass is 32.2. The number of carbonyl (C=O) groups excluding carboxylic acids is 1. The lowest BCUT2D eigenvalue weighted by atomic mass is 9.95. The number of allylic oxidation sites excluding steroid dienone is 2. The fraction of sp³-hybridized carbons (Fsp3) is 0.955. The van der Waals surface area contributed by atoms with Crippen LogP contribution in [0.1, 0.15) is 252 Å². The minimum atomic E-state index is -5.30. The maximum Gasteiger partial charge on any atom is 0.470 e. The van der Waals surface area contributed by atoms with E-state index in [0.717, 1.165) is 154 Å². The van der Waals surface area contributed by atoms with Crippen molar-refractivity contribution in [3.63, 3.8) is 0 Å². The van der Waals surface area contributed by atoms with Crippen molar-refractivity contribution >= 4 is 41.2 Å². The minimum absolute atomic E-state index is 0.0169. The number of aliphatic hydroxyl groups excluding tert-OH is 1. The number of hydrogen-bond acceptors (Lipinski definition) is 19. The van der Waals surface area contributed by atoms with Crippen LogP contribution >= 0.6 is 15.6 Å². The summed E-state index contributed by atoms with van der Waals surface area (Å²) in [5.74, 6) is -1.54. The third-order valence-corrected chi connectivity index (χ3v) is 21.6. The number of unbranched alkanes of at least 4 members (excludes halogenated alkanes) is 27. The second kappa shape index (κ2) is 53.7. The van der Waals surface area contributed by atoms with Gasteiger partial charge in [0, 0.05) is 27.2 Å². The van der Waals surface area contributed by atoms with Gasteiger partial charge in [0.05, 0.1) is 68.8 Å². The number of phosphoric acid groups is 2. The summed E-state index contributed by atoms with van der Waals surface area (Å²) in [7, 11) is -14.7. The van der Waals surface area contributed by atoms with Crippen LogP contribution in [0.2, 0.25) is 0 Å². The molecule has 0 aromatic rings. The van der Waals surface area contributed by atoms with Crippen molar-refractivity contribution in [1.29, 1.82) is 0 Å². The Bertz CT molecular complexity index is 2230. The summed E-state index contributed by atoms with van der Waals surface area (Å²) in [4.78, 5) is 53.9. The Labute approximate surface area is 566 Å². The summed E-state index contributed by atoms with van der Waals surface area (Å²) in [5, 5.41) is 15.4. The molecule has 28 heteroatoms. The smallest absolute Gasteiger partial charge is 0.387 e. The maximum atomic E-state index is 14.2. The van der Waals surface area contributed by atoms with Crippen molar-refractivity contribution < 1.29 is 107 Å². The predicted octanol–water partition coefficient (Wildman–Crippen LogP) is 11.8. The summed E-state index contributed by atoms with van der Waals surface area (Å²) in [5.41, 5.74) is 0. The van der Waals surface area contributed by atoms with Crippen LogP contribution in [0.5, 0.6) is 0 Å². The molecule has 0 aliphatic carbocycles. The Balaban J connectivity index is 2.56. The standard InChI is InChI=1S/C66H129NO23P2S2/c1-7-11-15-19-22-23-24-25-26-27-28-29-30-34-38-42-58(68)67-59-62(82-44-43-55(81-6)41-37-33-18-14-10-4)61(90-92(73,74)75)57(53-80-5)89-65(59)86-54-56-60(69)63(83-47-51-93(76,77)49-39-35-31-20-16-12-8-2)64(66(88-56)85-45-46-87-91(70,71)72)84-48-52-94(78,79)50-40-36-32-21-17-13-9-3/h25-26,55-57,59-66,69H,7-24,27-54H2,1-6H3,(H,67,68)(H2,70,71,72)(H2,73,74,75)/b26-25+/t55-,56-,57-,59-,60-,61-,62-,63+,64-,65-,66+/m1/s1. The van der Waals surface area contributed by atoms with Gasteiger partial charge in [-0.3, -0.25) is 13.8 Å². The zero-order valence-corrected chi connectivity index (χ0v) is 61.7. The Morgan fingerprint density at radius 3 is 1.45 bits per heavy atom. The van der Waals surface area contributed by atoms with Gasteiger partial charge in [-0.25, -0.2) is 26.0 Å². The fourth-order valence-corrected chi connectivity index (χ4v) is 15.0. The molecular formula is C66H129NO23P2S2. The molecule has 0 saturated carbocycles. The second-order valence-corrected chi connectivity index (χ2v) is 32.5. The van der Waals surface area contributed by atoms with Gasteiger partial charge < -0.3 is 72.6 Å². The van der Waals surface area contributed by atoms with E-state index in [4.69, 9.17) is 47.2 Å². The van der Waals surface area contributed by atoms with Crippen molar-refractivity contribution in [3.05, 3.63) is 12.2 Å². The molecule has 11 atom stereocenters. The lowest BCUT2D eigenvalue weighted by molar-refractivity contribution is -0.330. The molecule has 94 heavy (non-hydrogen) atoms. The second-order valence-electron chi connectivity index (χ2n) is 25.4. The van der Waals surface area contributed by atoms with E-state index >= 15 is 0 Å². The molecule has 6 N–H and O–H groups in total. The van der Waals surface area contributed by atoms with Gasteiger partial charge in [0.15, 0.2) is 32.3 Å². The lowest BCUT2D eigenvalue weighted by Gasteiger charge is -2.47. The predicted molar refractivity (Wildman–Crippen MR) is 365 cm³/mol. The highest BCUT2D eigenvalue weighted by molar-refractivity contribution is 7.91. The monoisotopic (exact) mass is 1430 g/mol. The average molecular weight is 1430 g/mol. The third kappa shape index (κ3) is 43.6. The van der Waals surface area contributed by atoms with Gasteiger partial charge in [-0.15, -0.1) is 0 Å². The van der Waals surface area contributed by atoms with Crippen molar-refractivity contribution in [2.45, 2.75) is 320 Å². The lowest BCUT2D eigenvalue weighted by Crippen LogP contribution is -2.67. The normalized spacial score (nSPS) is 22.8. The molecule has 2 fully saturated rings. The number of amides is 1. The van der Waals surface area contributed by atoms with Crippen LogP contribution in [-0.4, -0.2) is 198 Å². The molecule has 558 valence electrons. The van der Waals surface area contributed by atoms with E-state index in [1.165, 1.54) is 45.6 Å². The van der Waals surface area contributed by atoms with Crippen LogP contribution in [0, 0.1) is 0 Å².